The molecule has 0 aromatic carbocycles. The molecule has 1 aromatic rings. The normalized spacial score (nSPS) is 11.3. The number of rotatable bonds is 4. The monoisotopic (exact) mass is 252 g/mol. The summed E-state index contributed by atoms with van der Waals surface area (Å²) in [5.41, 5.74) is -0.308. The van der Waals surface area contributed by atoms with Gasteiger partial charge in [-0.1, -0.05) is 13.3 Å². The molecule has 1 rings (SSSR count). The standard InChI is InChI=1S/C13H20N2O3/c1-5-6-7-11-14-10(9-16)8-15(11)12(17)18-13(2,3)4/h8-9H,5-7H2,1-4H3. The fourth-order valence-electron chi connectivity index (χ4n) is 1.48. The van der Waals surface area contributed by atoms with Gasteiger partial charge in [0.1, 0.15) is 17.1 Å². The topological polar surface area (TPSA) is 61.2 Å². The zero-order chi connectivity index (χ0) is 13.8. The van der Waals surface area contributed by atoms with Gasteiger partial charge in [0.15, 0.2) is 6.29 Å². The van der Waals surface area contributed by atoms with E-state index in [1.807, 2.05) is 0 Å². The first-order chi connectivity index (χ1) is 8.37. The molecule has 0 N–H and O–H groups in total. The maximum atomic E-state index is 12.0. The first kappa shape index (κ1) is 14.4. The minimum absolute atomic E-state index is 0.256. The van der Waals surface area contributed by atoms with Gasteiger partial charge in [0.05, 0.1) is 0 Å². The van der Waals surface area contributed by atoms with Gasteiger partial charge in [0, 0.05) is 12.6 Å². The number of carbonyl (C=O) groups excluding carboxylic acids is 2. The van der Waals surface area contributed by atoms with Crippen LogP contribution in [0.15, 0.2) is 6.20 Å². The van der Waals surface area contributed by atoms with E-state index in [-0.39, 0.29) is 5.69 Å². The number of unbranched alkanes of at least 4 members (excludes halogenated alkanes) is 1. The highest BCUT2D eigenvalue weighted by Crippen LogP contribution is 2.12. The molecule has 1 heterocycles. The Hall–Kier alpha value is -1.65. The van der Waals surface area contributed by atoms with Crippen molar-refractivity contribution in [1.29, 1.82) is 0 Å². The van der Waals surface area contributed by atoms with Crippen molar-refractivity contribution in [3.63, 3.8) is 0 Å². The minimum atomic E-state index is -0.565. The summed E-state index contributed by atoms with van der Waals surface area (Å²) in [6, 6.07) is 0. The summed E-state index contributed by atoms with van der Waals surface area (Å²) in [6.45, 7) is 7.46. The van der Waals surface area contributed by atoms with Crippen LogP contribution >= 0.6 is 0 Å². The Morgan fingerprint density at radius 2 is 2.17 bits per heavy atom. The molecule has 18 heavy (non-hydrogen) atoms. The van der Waals surface area contributed by atoms with E-state index in [1.165, 1.54) is 10.8 Å². The Kier molecular flexibility index (Phi) is 4.64. The molecule has 0 aliphatic carbocycles. The van der Waals surface area contributed by atoms with Gasteiger partial charge in [-0.2, -0.15) is 0 Å². The third-order valence-electron chi connectivity index (χ3n) is 2.26. The van der Waals surface area contributed by atoms with Crippen LogP contribution in [0.1, 0.15) is 56.8 Å². The number of aldehydes is 1. The summed E-state index contributed by atoms with van der Waals surface area (Å²) in [5.74, 6) is 0.577. The maximum absolute atomic E-state index is 12.0. The van der Waals surface area contributed by atoms with Gasteiger partial charge in [-0.25, -0.2) is 14.3 Å². The molecule has 0 aliphatic rings. The lowest BCUT2D eigenvalue weighted by Crippen LogP contribution is -2.27. The second-order valence-corrected chi connectivity index (χ2v) is 5.15. The third kappa shape index (κ3) is 3.98. The smallest absolute Gasteiger partial charge is 0.420 e. The molecular formula is C13H20N2O3. The van der Waals surface area contributed by atoms with E-state index in [2.05, 4.69) is 11.9 Å². The number of hydrogen-bond acceptors (Lipinski definition) is 4. The van der Waals surface area contributed by atoms with E-state index in [0.29, 0.717) is 18.5 Å². The second-order valence-electron chi connectivity index (χ2n) is 5.15. The molecule has 0 aliphatic heterocycles. The van der Waals surface area contributed by atoms with Crippen molar-refractivity contribution in [2.24, 2.45) is 0 Å². The number of nitrogens with zero attached hydrogens (tertiary/aromatic N) is 2. The van der Waals surface area contributed by atoms with Crippen molar-refractivity contribution >= 4 is 12.4 Å². The minimum Gasteiger partial charge on any atom is -0.443 e. The Bertz CT molecular complexity index is 430. The Morgan fingerprint density at radius 1 is 1.50 bits per heavy atom. The van der Waals surface area contributed by atoms with Gasteiger partial charge >= 0.3 is 6.09 Å². The van der Waals surface area contributed by atoms with Crippen LogP contribution < -0.4 is 0 Å². The third-order valence-corrected chi connectivity index (χ3v) is 2.26. The number of aromatic nitrogens is 2. The van der Waals surface area contributed by atoms with Gasteiger partial charge in [-0.05, 0) is 27.2 Å². The largest absolute Gasteiger partial charge is 0.443 e. The van der Waals surface area contributed by atoms with E-state index < -0.39 is 11.7 Å². The molecule has 0 unspecified atom stereocenters. The molecule has 0 atom stereocenters. The molecule has 1 aromatic heterocycles. The second kappa shape index (κ2) is 5.80. The number of carbonyl (C=O) groups is 2. The van der Waals surface area contributed by atoms with Crippen molar-refractivity contribution in [1.82, 2.24) is 9.55 Å². The SMILES string of the molecule is CCCCc1nc(C=O)cn1C(=O)OC(C)(C)C. The summed E-state index contributed by atoms with van der Waals surface area (Å²) in [6.07, 6.45) is 4.14. The molecule has 100 valence electrons. The van der Waals surface area contributed by atoms with Gasteiger partial charge in [-0.3, -0.25) is 4.79 Å². The predicted molar refractivity (Wildman–Crippen MR) is 67.9 cm³/mol. The Morgan fingerprint density at radius 3 is 2.67 bits per heavy atom. The first-order valence-corrected chi connectivity index (χ1v) is 6.14. The first-order valence-electron chi connectivity index (χ1n) is 6.14. The average molecular weight is 252 g/mol. The molecule has 0 amide bonds. The lowest BCUT2D eigenvalue weighted by molar-refractivity contribution is 0.0531. The Balaban J connectivity index is 2.94. The zero-order valence-electron chi connectivity index (χ0n) is 11.4. The predicted octanol–water partition coefficient (Wildman–Crippen LogP) is 2.82. The van der Waals surface area contributed by atoms with Crippen molar-refractivity contribution in [3.8, 4) is 0 Å². The zero-order valence-corrected chi connectivity index (χ0v) is 11.4. The summed E-state index contributed by atoms with van der Waals surface area (Å²) in [7, 11) is 0. The van der Waals surface area contributed by atoms with Crippen molar-refractivity contribution in [3.05, 3.63) is 17.7 Å². The average Bonchev–Trinajstić information content (AvgIpc) is 2.67. The van der Waals surface area contributed by atoms with Gasteiger partial charge in [-0.15, -0.1) is 0 Å². The van der Waals surface area contributed by atoms with Crippen LogP contribution in [-0.2, 0) is 11.2 Å². The van der Waals surface area contributed by atoms with Crippen LogP contribution in [0.4, 0.5) is 4.79 Å². The summed E-state index contributed by atoms with van der Waals surface area (Å²) in [5, 5.41) is 0. The van der Waals surface area contributed by atoms with E-state index >= 15 is 0 Å². The molecule has 0 spiro atoms. The lowest BCUT2D eigenvalue weighted by atomic mass is 10.2. The molecule has 0 fully saturated rings. The molecule has 0 radical (unpaired) electrons. The number of hydrogen-bond donors (Lipinski definition) is 0. The fourth-order valence-corrected chi connectivity index (χ4v) is 1.48. The van der Waals surface area contributed by atoms with E-state index in [4.69, 9.17) is 4.74 Å². The van der Waals surface area contributed by atoms with Crippen LogP contribution in [0.3, 0.4) is 0 Å². The van der Waals surface area contributed by atoms with Gasteiger partial charge < -0.3 is 4.74 Å². The highest BCUT2D eigenvalue weighted by Gasteiger charge is 2.20. The molecule has 5 nitrogen and oxygen atoms in total. The van der Waals surface area contributed by atoms with Crippen LogP contribution in [0.2, 0.25) is 0 Å². The van der Waals surface area contributed by atoms with Crippen LogP contribution in [-0.4, -0.2) is 27.5 Å². The number of ether oxygens (including phenoxy) is 1. The van der Waals surface area contributed by atoms with Crippen molar-refractivity contribution in [2.75, 3.05) is 0 Å². The highest BCUT2D eigenvalue weighted by atomic mass is 16.6. The summed E-state index contributed by atoms with van der Waals surface area (Å²) in [4.78, 5) is 26.8. The van der Waals surface area contributed by atoms with E-state index in [9.17, 15) is 9.59 Å². The quantitative estimate of drug-likeness (QED) is 0.773. The number of imidazole rings is 1. The summed E-state index contributed by atoms with van der Waals surface area (Å²) >= 11 is 0. The molecule has 0 saturated carbocycles. The van der Waals surface area contributed by atoms with E-state index in [1.54, 1.807) is 20.8 Å². The molecule has 0 bridgehead atoms. The highest BCUT2D eigenvalue weighted by molar-refractivity contribution is 5.76. The fraction of sp³-hybridized carbons (Fsp3) is 0.615. The van der Waals surface area contributed by atoms with Gasteiger partial charge in [0.2, 0.25) is 0 Å². The van der Waals surface area contributed by atoms with E-state index in [0.717, 1.165) is 12.8 Å². The van der Waals surface area contributed by atoms with Crippen LogP contribution in [0, 0.1) is 0 Å². The molecule has 5 heteroatoms. The number of aryl methyl sites for hydroxylation is 1. The summed E-state index contributed by atoms with van der Waals surface area (Å²) < 4.78 is 6.59. The maximum Gasteiger partial charge on any atom is 0.420 e. The van der Waals surface area contributed by atoms with Crippen molar-refractivity contribution < 1.29 is 14.3 Å². The Labute approximate surface area is 107 Å². The molecule has 0 saturated heterocycles. The van der Waals surface area contributed by atoms with Gasteiger partial charge in [0.25, 0.3) is 0 Å². The lowest BCUT2D eigenvalue weighted by Gasteiger charge is -2.20. The molecular weight excluding hydrogens is 232 g/mol. The van der Waals surface area contributed by atoms with Crippen LogP contribution in [0.25, 0.3) is 0 Å². The van der Waals surface area contributed by atoms with Crippen LogP contribution in [0.5, 0.6) is 0 Å². The van der Waals surface area contributed by atoms with Crippen molar-refractivity contribution in [2.45, 2.75) is 52.6 Å².